The van der Waals surface area contributed by atoms with Crippen molar-refractivity contribution in [1.82, 2.24) is 0 Å². The third kappa shape index (κ3) is 3.39. The van der Waals surface area contributed by atoms with Gasteiger partial charge in [0.2, 0.25) is 0 Å². The summed E-state index contributed by atoms with van der Waals surface area (Å²) in [6.07, 6.45) is -4.86. The van der Waals surface area contributed by atoms with Gasteiger partial charge in [-0.05, 0) is 19.4 Å². The third-order valence-corrected chi connectivity index (χ3v) is 3.88. The first-order valence-corrected chi connectivity index (χ1v) is 7.45. The highest BCUT2D eigenvalue weighted by atomic mass is 16.8. The molecule has 1 aromatic rings. The number of rotatable bonds is 5. The van der Waals surface area contributed by atoms with Crippen LogP contribution in [0, 0.1) is 0 Å². The highest BCUT2D eigenvalue weighted by Crippen LogP contribution is 2.39. The van der Waals surface area contributed by atoms with E-state index in [4.69, 9.17) is 24.1 Å². The van der Waals surface area contributed by atoms with Gasteiger partial charge in [0.15, 0.2) is 18.2 Å². The van der Waals surface area contributed by atoms with Gasteiger partial charge >= 0.3 is 5.97 Å². The molecule has 7 heteroatoms. The van der Waals surface area contributed by atoms with Crippen molar-refractivity contribution in [1.29, 1.82) is 0 Å². The van der Waals surface area contributed by atoms with Crippen molar-refractivity contribution in [2.75, 3.05) is 0 Å². The molecule has 1 aromatic carbocycles. The molecular weight excluding hydrogens is 304 g/mol. The van der Waals surface area contributed by atoms with Crippen LogP contribution in [0.5, 0.6) is 0 Å². The van der Waals surface area contributed by atoms with E-state index in [1.54, 1.807) is 13.8 Å². The van der Waals surface area contributed by atoms with E-state index in [9.17, 15) is 9.90 Å². The van der Waals surface area contributed by atoms with Gasteiger partial charge in [0.25, 0.3) is 0 Å². The third-order valence-electron chi connectivity index (χ3n) is 3.88. The van der Waals surface area contributed by atoms with Crippen LogP contribution in [0.3, 0.4) is 0 Å². The Hall–Kier alpha value is -1.51. The number of aliphatic hydroxyl groups excluding tert-OH is 1. The highest BCUT2D eigenvalue weighted by Gasteiger charge is 2.58. The second kappa shape index (κ2) is 6.18. The molecule has 23 heavy (non-hydrogen) atoms. The minimum Gasteiger partial charge on any atom is -0.479 e. The monoisotopic (exact) mass is 324 g/mol. The van der Waals surface area contributed by atoms with E-state index in [-0.39, 0.29) is 6.61 Å². The Labute approximate surface area is 133 Å². The number of benzene rings is 1. The van der Waals surface area contributed by atoms with Gasteiger partial charge in [0.05, 0.1) is 6.61 Å². The first-order valence-electron chi connectivity index (χ1n) is 7.45. The molecule has 0 saturated carbocycles. The van der Waals surface area contributed by atoms with Gasteiger partial charge in [-0.25, -0.2) is 4.79 Å². The Kier molecular flexibility index (Phi) is 4.39. The average Bonchev–Trinajstić information content (AvgIpc) is 2.97. The van der Waals surface area contributed by atoms with Gasteiger partial charge < -0.3 is 29.2 Å². The Morgan fingerprint density at radius 2 is 2.00 bits per heavy atom. The SMILES string of the molecule is CC1(C)O[C@H]2O[C@H]([C@H](O)C(=O)O)[C@H](OCc3ccccc3)[C@H]2O1. The first kappa shape index (κ1) is 16.4. The molecule has 2 fully saturated rings. The van der Waals surface area contributed by atoms with Gasteiger partial charge in [-0.1, -0.05) is 30.3 Å². The quantitative estimate of drug-likeness (QED) is 0.830. The molecule has 3 rings (SSSR count). The Morgan fingerprint density at radius 3 is 2.65 bits per heavy atom. The number of carbonyl (C=O) groups is 1. The molecule has 5 atom stereocenters. The standard InChI is InChI=1S/C16H20O7/c1-16(2)22-13-12(20-8-9-6-4-3-5-7-9)11(10(17)14(18)19)21-15(13)23-16/h3-7,10-13,15,17H,8H2,1-2H3,(H,18,19)/t10-,11+,12-,13+,15+/m0/s1. The molecule has 2 N–H and O–H groups in total. The zero-order chi connectivity index (χ0) is 16.6. The van der Waals surface area contributed by atoms with Crippen LogP contribution in [0.1, 0.15) is 19.4 Å². The van der Waals surface area contributed by atoms with E-state index in [0.29, 0.717) is 0 Å². The molecule has 0 bridgehead atoms. The molecule has 0 aromatic heterocycles. The van der Waals surface area contributed by atoms with Crippen molar-refractivity contribution in [2.45, 2.75) is 56.9 Å². The number of fused-ring (bicyclic) bond motifs is 1. The Morgan fingerprint density at radius 1 is 1.30 bits per heavy atom. The zero-order valence-electron chi connectivity index (χ0n) is 12.9. The predicted molar refractivity (Wildman–Crippen MR) is 77.4 cm³/mol. The summed E-state index contributed by atoms with van der Waals surface area (Å²) in [6, 6.07) is 9.45. The van der Waals surface area contributed by atoms with Crippen molar-refractivity contribution >= 4 is 5.97 Å². The van der Waals surface area contributed by atoms with Crippen molar-refractivity contribution in [2.24, 2.45) is 0 Å². The molecule has 2 aliphatic heterocycles. The number of carboxylic acids is 1. The molecule has 2 saturated heterocycles. The Balaban J connectivity index is 1.75. The number of ether oxygens (including phenoxy) is 4. The summed E-state index contributed by atoms with van der Waals surface area (Å²) in [7, 11) is 0. The summed E-state index contributed by atoms with van der Waals surface area (Å²) in [5.74, 6) is -2.22. The molecule has 7 nitrogen and oxygen atoms in total. The van der Waals surface area contributed by atoms with E-state index < -0.39 is 42.5 Å². The predicted octanol–water partition coefficient (Wildman–Crippen LogP) is 0.894. The van der Waals surface area contributed by atoms with Crippen LogP contribution < -0.4 is 0 Å². The van der Waals surface area contributed by atoms with Crippen LogP contribution in [-0.2, 0) is 30.3 Å². The van der Waals surface area contributed by atoms with Crippen molar-refractivity contribution < 1.29 is 34.0 Å². The minimum absolute atomic E-state index is 0.255. The van der Waals surface area contributed by atoms with Crippen LogP contribution in [-0.4, -0.2) is 52.7 Å². The van der Waals surface area contributed by atoms with Gasteiger partial charge in [-0.3, -0.25) is 0 Å². The van der Waals surface area contributed by atoms with Crippen molar-refractivity contribution in [3.05, 3.63) is 35.9 Å². The Bertz CT molecular complexity index is 559. The number of carboxylic acid groups (broad SMARTS) is 1. The molecule has 126 valence electrons. The number of hydrogen-bond acceptors (Lipinski definition) is 6. The summed E-state index contributed by atoms with van der Waals surface area (Å²) in [5.41, 5.74) is 0.928. The molecule has 2 aliphatic rings. The summed E-state index contributed by atoms with van der Waals surface area (Å²) >= 11 is 0. The first-order chi connectivity index (χ1) is 10.9. The molecule has 0 radical (unpaired) electrons. The largest absolute Gasteiger partial charge is 0.479 e. The highest BCUT2D eigenvalue weighted by molar-refractivity contribution is 5.73. The second-order valence-electron chi connectivity index (χ2n) is 6.11. The van der Waals surface area contributed by atoms with E-state index in [1.165, 1.54) is 0 Å². The van der Waals surface area contributed by atoms with Gasteiger partial charge in [0.1, 0.15) is 18.3 Å². The molecule has 0 aliphatic carbocycles. The average molecular weight is 324 g/mol. The van der Waals surface area contributed by atoms with Crippen LogP contribution in [0.2, 0.25) is 0 Å². The van der Waals surface area contributed by atoms with Gasteiger partial charge in [0, 0.05) is 0 Å². The second-order valence-corrected chi connectivity index (χ2v) is 6.11. The maximum Gasteiger partial charge on any atom is 0.335 e. The smallest absolute Gasteiger partial charge is 0.335 e. The van der Waals surface area contributed by atoms with E-state index in [1.807, 2.05) is 30.3 Å². The number of aliphatic carboxylic acids is 1. The fourth-order valence-electron chi connectivity index (χ4n) is 2.86. The number of aliphatic hydroxyl groups is 1. The maximum atomic E-state index is 11.1. The van der Waals surface area contributed by atoms with Crippen molar-refractivity contribution in [3.63, 3.8) is 0 Å². The lowest BCUT2D eigenvalue weighted by Crippen LogP contribution is -2.45. The normalized spacial score (nSPS) is 33.3. The molecule has 2 heterocycles. The molecule has 0 amide bonds. The van der Waals surface area contributed by atoms with E-state index in [2.05, 4.69) is 0 Å². The van der Waals surface area contributed by atoms with Crippen LogP contribution >= 0.6 is 0 Å². The maximum absolute atomic E-state index is 11.1. The van der Waals surface area contributed by atoms with Crippen LogP contribution in [0.15, 0.2) is 30.3 Å². The molecule has 0 spiro atoms. The van der Waals surface area contributed by atoms with Crippen LogP contribution in [0.4, 0.5) is 0 Å². The lowest BCUT2D eigenvalue weighted by molar-refractivity contribution is -0.231. The summed E-state index contributed by atoms with van der Waals surface area (Å²) in [6.45, 7) is 3.74. The van der Waals surface area contributed by atoms with Crippen molar-refractivity contribution in [3.8, 4) is 0 Å². The fraction of sp³-hybridized carbons (Fsp3) is 0.562. The summed E-state index contributed by atoms with van der Waals surface area (Å²) < 4.78 is 22.7. The minimum atomic E-state index is -1.71. The summed E-state index contributed by atoms with van der Waals surface area (Å²) in [4.78, 5) is 11.1. The van der Waals surface area contributed by atoms with E-state index in [0.717, 1.165) is 5.56 Å². The van der Waals surface area contributed by atoms with E-state index >= 15 is 0 Å². The van der Waals surface area contributed by atoms with Gasteiger partial charge in [-0.15, -0.1) is 0 Å². The zero-order valence-corrected chi connectivity index (χ0v) is 12.9. The molecular formula is C16H20O7. The number of hydrogen-bond donors (Lipinski definition) is 2. The lowest BCUT2D eigenvalue weighted by atomic mass is 10.1. The topological polar surface area (TPSA) is 94.5 Å². The lowest BCUT2D eigenvalue weighted by Gasteiger charge is -2.27. The van der Waals surface area contributed by atoms with Gasteiger partial charge in [-0.2, -0.15) is 0 Å². The van der Waals surface area contributed by atoms with Crippen LogP contribution in [0.25, 0.3) is 0 Å². The summed E-state index contributed by atoms with van der Waals surface area (Å²) in [5, 5.41) is 18.9. The fourth-order valence-corrected chi connectivity index (χ4v) is 2.86. The molecule has 0 unspecified atom stereocenters.